The molecule has 30 heavy (non-hydrogen) atoms. The van der Waals surface area contributed by atoms with Gasteiger partial charge in [0.15, 0.2) is 0 Å². The second kappa shape index (κ2) is 9.73. The first-order valence-corrected chi connectivity index (χ1v) is 9.52. The number of anilines is 1. The van der Waals surface area contributed by atoms with Gasteiger partial charge in [0.25, 0.3) is 0 Å². The maximum absolute atomic E-state index is 13.9. The molecule has 0 bridgehead atoms. The number of thiophene rings is 1. The second-order valence-electron chi connectivity index (χ2n) is 6.24. The first-order valence-electron chi connectivity index (χ1n) is 8.64. The lowest BCUT2D eigenvalue weighted by Gasteiger charge is -2.05. The molecule has 0 amide bonds. The summed E-state index contributed by atoms with van der Waals surface area (Å²) in [5.41, 5.74) is 1.43. The molecule has 0 spiro atoms. The van der Waals surface area contributed by atoms with Crippen molar-refractivity contribution in [2.24, 2.45) is 0 Å². The van der Waals surface area contributed by atoms with Crippen molar-refractivity contribution in [2.75, 3.05) is 12.4 Å². The summed E-state index contributed by atoms with van der Waals surface area (Å²) in [6.45, 7) is 1.55. The highest BCUT2D eigenvalue weighted by atomic mass is 32.1. The molecule has 0 aliphatic rings. The number of halogens is 4. The SMILES string of the molecule is CNc1scc(-c2ccc(C)cc2F)c1C(=O)O.OCc1ccc(C(F)(F)F)cc1. The molecule has 160 valence electrons. The van der Waals surface area contributed by atoms with Crippen LogP contribution in [0.25, 0.3) is 11.1 Å². The molecule has 0 saturated heterocycles. The van der Waals surface area contributed by atoms with Gasteiger partial charge in [-0.3, -0.25) is 0 Å². The summed E-state index contributed by atoms with van der Waals surface area (Å²) in [5, 5.41) is 22.8. The van der Waals surface area contributed by atoms with E-state index in [9.17, 15) is 27.5 Å². The zero-order chi connectivity index (χ0) is 22.5. The standard InChI is InChI=1S/C13H12FNO2S.C8H7F3O/c1-7-3-4-8(10(14)5-7)9-6-18-12(15-2)11(9)13(16)17;9-8(10,11)7-3-1-6(5-12)2-4-7/h3-6,15H,1-2H3,(H,16,17);1-4,12H,5H2. The third-order valence-corrected chi connectivity index (χ3v) is 5.11. The number of aryl methyl sites for hydroxylation is 1. The average Bonchev–Trinajstić information content (AvgIpc) is 3.12. The summed E-state index contributed by atoms with van der Waals surface area (Å²) in [4.78, 5) is 11.3. The molecule has 2 aromatic carbocycles. The fourth-order valence-corrected chi connectivity index (χ4v) is 3.50. The Morgan fingerprint density at radius 2 is 1.73 bits per heavy atom. The Bertz CT molecular complexity index is 1010. The molecule has 3 N–H and O–H groups in total. The van der Waals surface area contributed by atoms with Gasteiger partial charge in [-0.15, -0.1) is 11.3 Å². The molecule has 0 unspecified atom stereocenters. The Morgan fingerprint density at radius 3 is 2.20 bits per heavy atom. The van der Waals surface area contributed by atoms with Gasteiger partial charge in [0.2, 0.25) is 0 Å². The summed E-state index contributed by atoms with van der Waals surface area (Å²) < 4.78 is 49.8. The minimum Gasteiger partial charge on any atom is -0.478 e. The van der Waals surface area contributed by atoms with Crippen molar-refractivity contribution in [1.29, 1.82) is 0 Å². The average molecular weight is 441 g/mol. The van der Waals surface area contributed by atoms with Crippen molar-refractivity contribution < 1.29 is 32.6 Å². The molecule has 3 aromatic rings. The van der Waals surface area contributed by atoms with Crippen LogP contribution in [-0.4, -0.2) is 23.2 Å². The highest BCUT2D eigenvalue weighted by Gasteiger charge is 2.29. The van der Waals surface area contributed by atoms with E-state index in [1.165, 1.54) is 29.5 Å². The fourth-order valence-electron chi connectivity index (χ4n) is 2.59. The Morgan fingerprint density at radius 1 is 1.10 bits per heavy atom. The Kier molecular flexibility index (Phi) is 7.58. The highest BCUT2D eigenvalue weighted by Crippen LogP contribution is 2.36. The minimum atomic E-state index is -4.30. The highest BCUT2D eigenvalue weighted by molar-refractivity contribution is 7.15. The van der Waals surface area contributed by atoms with Gasteiger partial charge in [0.05, 0.1) is 12.2 Å². The molecule has 9 heteroatoms. The van der Waals surface area contributed by atoms with Crippen LogP contribution >= 0.6 is 11.3 Å². The van der Waals surface area contributed by atoms with Crippen molar-refractivity contribution in [3.8, 4) is 11.1 Å². The van der Waals surface area contributed by atoms with Crippen molar-refractivity contribution in [3.05, 3.63) is 75.9 Å². The normalized spacial score (nSPS) is 10.9. The van der Waals surface area contributed by atoms with E-state index in [0.717, 1.165) is 17.7 Å². The predicted molar refractivity (Wildman–Crippen MR) is 108 cm³/mol. The molecular weight excluding hydrogens is 422 g/mol. The summed E-state index contributed by atoms with van der Waals surface area (Å²) in [6, 6.07) is 9.18. The maximum Gasteiger partial charge on any atom is 0.416 e. The number of alkyl halides is 3. The van der Waals surface area contributed by atoms with E-state index < -0.39 is 23.5 Å². The van der Waals surface area contributed by atoms with E-state index in [-0.39, 0.29) is 12.2 Å². The van der Waals surface area contributed by atoms with Crippen LogP contribution < -0.4 is 5.32 Å². The summed E-state index contributed by atoms with van der Waals surface area (Å²) in [6.07, 6.45) is -4.30. The molecule has 0 aliphatic heterocycles. The largest absolute Gasteiger partial charge is 0.478 e. The molecule has 3 rings (SSSR count). The van der Waals surface area contributed by atoms with Crippen molar-refractivity contribution in [1.82, 2.24) is 0 Å². The van der Waals surface area contributed by atoms with Crippen LogP contribution in [0.1, 0.15) is 27.0 Å². The minimum absolute atomic E-state index is 0.116. The van der Waals surface area contributed by atoms with Gasteiger partial charge in [-0.1, -0.05) is 24.3 Å². The van der Waals surface area contributed by atoms with Crippen LogP contribution in [0.4, 0.5) is 22.6 Å². The van der Waals surface area contributed by atoms with Gasteiger partial charge in [0.1, 0.15) is 16.4 Å². The fraction of sp³-hybridized carbons (Fsp3) is 0.190. The number of carbonyl (C=O) groups is 1. The number of nitrogens with one attached hydrogen (secondary N) is 1. The van der Waals surface area contributed by atoms with Gasteiger partial charge < -0.3 is 15.5 Å². The monoisotopic (exact) mass is 441 g/mol. The topological polar surface area (TPSA) is 69.6 Å². The summed E-state index contributed by atoms with van der Waals surface area (Å²) in [7, 11) is 1.65. The molecule has 0 aliphatic carbocycles. The molecule has 1 aromatic heterocycles. The van der Waals surface area contributed by atoms with Crippen molar-refractivity contribution in [3.63, 3.8) is 0 Å². The lowest BCUT2D eigenvalue weighted by atomic mass is 10.0. The number of aliphatic hydroxyl groups is 1. The second-order valence-corrected chi connectivity index (χ2v) is 7.12. The van der Waals surface area contributed by atoms with Gasteiger partial charge >= 0.3 is 12.1 Å². The molecule has 1 heterocycles. The van der Waals surface area contributed by atoms with Crippen LogP contribution in [0, 0.1) is 12.7 Å². The maximum atomic E-state index is 13.9. The van der Waals surface area contributed by atoms with Crippen LogP contribution in [0.15, 0.2) is 47.8 Å². The van der Waals surface area contributed by atoms with Crippen LogP contribution in [0.2, 0.25) is 0 Å². The van der Waals surface area contributed by atoms with Gasteiger partial charge in [-0.2, -0.15) is 13.2 Å². The smallest absolute Gasteiger partial charge is 0.416 e. The number of hydrogen-bond acceptors (Lipinski definition) is 4. The van der Waals surface area contributed by atoms with Crippen LogP contribution in [0.5, 0.6) is 0 Å². The van der Waals surface area contributed by atoms with Crippen LogP contribution in [-0.2, 0) is 12.8 Å². The number of benzene rings is 2. The Balaban J connectivity index is 0.000000232. The molecule has 0 atom stereocenters. The predicted octanol–water partition coefficient (Wildman–Crippen LogP) is 5.80. The van der Waals surface area contributed by atoms with E-state index in [4.69, 9.17) is 5.11 Å². The third kappa shape index (κ3) is 5.58. The molecule has 0 saturated carbocycles. The van der Waals surface area contributed by atoms with Gasteiger partial charge in [0, 0.05) is 23.6 Å². The zero-order valence-corrected chi connectivity index (χ0v) is 16.9. The first kappa shape index (κ1) is 23.4. The van der Waals surface area contributed by atoms with E-state index >= 15 is 0 Å². The Labute approximate surface area is 174 Å². The number of hydrogen-bond donors (Lipinski definition) is 3. The van der Waals surface area contributed by atoms with Gasteiger partial charge in [-0.05, 0) is 36.2 Å². The molecular formula is C21H19F4NO3S. The zero-order valence-electron chi connectivity index (χ0n) is 16.0. The molecule has 0 radical (unpaired) electrons. The molecule has 0 fully saturated rings. The quantitative estimate of drug-likeness (QED) is 0.448. The van der Waals surface area contributed by atoms with Crippen LogP contribution in [0.3, 0.4) is 0 Å². The summed E-state index contributed by atoms with van der Waals surface area (Å²) in [5.74, 6) is -1.46. The van der Waals surface area contributed by atoms with Gasteiger partial charge in [-0.25, -0.2) is 9.18 Å². The molecule has 4 nitrogen and oxygen atoms in total. The number of carboxylic acids is 1. The number of carboxylic acid groups (broad SMARTS) is 1. The summed E-state index contributed by atoms with van der Waals surface area (Å²) >= 11 is 1.25. The first-order chi connectivity index (χ1) is 14.1. The third-order valence-electron chi connectivity index (χ3n) is 4.11. The van der Waals surface area contributed by atoms with E-state index in [1.807, 2.05) is 0 Å². The van der Waals surface area contributed by atoms with E-state index in [0.29, 0.717) is 21.7 Å². The van der Waals surface area contributed by atoms with E-state index in [2.05, 4.69) is 5.32 Å². The lowest BCUT2D eigenvalue weighted by molar-refractivity contribution is -0.137. The number of aliphatic hydroxyl groups excluding tert-OH is 1. The lowest BCUT2D eigenvalue weighted by Crippen LogP contribution is -2.04. The Hall–Kier alpha value is -2.91. The number of aromatic carboxylic acids is 1. The van der Waals surface area contributed by atoms with Crippen molar-refractivity contribution >= 4 is 22.3 Å². The number of rotatable bonds is 4. The van der Waals surface area contributed by atoms with E-state index in [1.54, 1.807) is 31.5 Å². The van der Waals surface area contributed by atoms with Crippen molar-refractivity contribution in [2.45, 2.75) is 19.7 Å².